The number of primary amides is 1. The molecule has 0 saturated heterocycles. The molecule has 0 saturated carbocycles. The minimum atomic E-state index is -0.605. The molecule has 0 unspecified atom stereocenters. The third-order valence-electron chi connectivity index (χ3n) is 6.15. The van der Waals surface area contributed by atoms with Crippen molar-refractivity contribution < 1.29 is 9.59 Å². The molecule has 9 heteroatoms. The van der Waals surface area contributed by atoms with Crippen molar-refractivity contribution in [3.63, 3.8) is 0 Å². The minimum Gasteiger partial charge on any atom is -0.366 e. The Balaban J connectivity index is 0.00000180. The van der Waals surface area contributed by atoms with Crippen LogP contribution < -0.4 is 10.6 Å². The van der Waals surface area contributed by atoms with Crippen LogP contribution in [0.3, 0.4) is 0 Å². The van der Waals surface area contributed by atoms with Gasteiger partial charge in [-0.3, -0.25) is 9.59 Å². The van der Waals surface area contributed by atoms with Gasteiger partial charge in [0.05, 0.1) is 29.7 Å². The third kappa shape index (κ3) is 5.53. The Labute approximate surface area is 222 Å². The fourth-order valence-corrected chi connectivity index (χ4v) is 4.45. The van der Waals surface area contributed by atoms with E-state index in [0.717, 1.165) is 28.1 Å². The molecule has 0 radical (unpaired) electrons. The van der Waals surface area contributed by atoms with Crippen molar-refractivity contribution in [2.45, 2.75) is 13.1 Å². The van der Waals surface area contributed by atoms with Crippen LogP contribution in [0.25, 0.3) is 11.1 Å². The molecular formula is C27H27Cl2N5O2. The summed E-state index contributed by atoms with van der Waals surface area (Å²) >= 11 is 0. The van der Waals surface area contributed by atoms with Crippen LogP contribution >= 0.6 is 24.8 Å². The monoisotopic (exact) mass is 523 g/mol. The molecule has 0 spiro atoms. The predicted octanol–water partition coefficient (Wildman–Crippen LogP) is 4.68. The number of hydrogen-bond acceptors (Lipinski definition) is 4. The van der Waals surface area contributed by atoms with E-state index < -0.39 is 5.91 Å². The minimum absolute atomic E-state index is 0. The van der Waals surface area contributed by atoms with Crippen LogP contribution in [0.5, 0.6) is 0 Å². The molecular weight excluding hydrogens is 497 g/mol. The van der Waals surface area contributed by atoms with Crippen LogP contribution in [0.1, 0.15) is 32.0 Å². The number of nitrogens with one attached hydrogen (secondary N) is 1. The highest BCUT2D eigenvalue weighted by Crippen LogP contribution is 2.32. The van der Waals surface area contributed by atoms with Gasteiger partial charge in [-0.2, -0.15) is 0 Å². The van der Waals surface area contributed by atoms with Crippen LogP contribution in [0, 0.1) is 0 Å². The zero-order valence-electron chi connectivity index (χ0n) is 19.5. The Morgan fingerprint density at radius 3 is 2.31 bits per heavy atom. The molecule has 4 aromatic rings. The van der Waals surface area contributed by atoms with Gasteiger partial charge in [0, 0.05) is 31.5 Å². The molecule has 36 heavy (non-hydrogen) atoms. The number of carbonyl (C=O) groups is 2. The van der Waals surface area contributed by atoms with Crippen molar-refractivity contribution in [3.8, 4) is 11.1 Å². The molecule has 7 nitrogen and oxygen atoms in total. The van der Waals surface area contributed by atoms with Crippen LogP contribution in [-0.4, -0.2) is 39.8 Å². The summed E-state index contributed by atoms with van der Waals surface area (Å²) in [6, 6.07) is 23.3. The summed E-state index contributed by atoms with van der Waals surface area (Å²) in [6.07, 6.45) is 3.48. The fourth-order valence-electron chi connectivity index (χ4n) is 4.45. The van der Waals surface area contributed by atoms with Crippen molar-refractivity contribution in [2.24, 2.45) is 5.73 Å². The quantitative estimate of drug-likeness (QED) is 0.396. The lowest BCUT2D eigenvalue weighted by molar-refractivity contribution is 0.0746. The molecule has 2 heterocycles. The normalized spacial score (nSPS) is 12.6. The number of imidazole rings is 1. The Hall–Kier alpha value is -3.81. The number of H-pyrrole nitrogens is 1. The molecule has 0 fully saturated rings. The van der Waals surface area contributed by atoms with Crippen molar-refractivity contribution >= 4 is 42.3 Å². The number of fused-ring (bicyclic) bond motifs is 1. The fraction of sp³-hybridized carbons (Fsp3) is 0.148. The van der Waals surface area contributed by atoms with Crippen LogP contribution in [0.15, 0.2) is 85.3 Å². The lowest BCUT2D eigenvalue weighted by atomic mass is 10.0. The third-order valence-corrected chi connectivity index (χ3v) is 6.15. The zero-order valence-corrected chi connectivity index (χ0v) is 21.1. The lowest BCUT2D eigenvalue weighted by Gasteiger charge is -2.24. The number of nitrogens with two attached hydrogens (primary N) is 1. The zero-order chi connectivity index (χ0) is 23.5. The summed E-state index contributed by atoms with van der Waals surface area (Å²) in [5.41, 5.74) is 11.4. The van der Waals surface area contributed by atoms with Crippen molar-refractivity contribution in [3.05, 3.63) is 108 Å². The van der Waals surface area contributed by atoms with Crippen LogP contribution in [-0.2, 0) is 13.1 Å². The van der Waals surface area contributed by atoms with Gasteiger partial charge in [-0.25, -0.2) is 4.98 Å². The van der Waals surface area contributed by atoms with Crippen molar-refractivity contribution in [2.75, 3.05) is 18.0 Å². The summed E-state index contributed by atoms with van der Waals surface area (Å²) in [6.45, 7) is 2.23. The Kier molecular flexibility index (Phi) is 8.74. The van der Waals surface area contributed by atoms with Crippen LogP contribution in [0.2, 0.25) is 0 Å². The van der Waals surface area contributed by atoms with E-state index >= 15 is 0 Å². The van der Waals surface area contributed by atoms with E-state index in [-0.39, 0.29) is 36.3 Å². The summed E-state index contributed by atoms with van der Waals surface area (Å²) in [4.78, 5) is 36.8. The smallest absolute Gasteiger partial charge is 0.255 e. The van der Waals surface area contributed by atoms with E-state index in [1.165, 1.54) is 0 Å². The first-order chi connectivity index (χ1) is 16.6. The number of aromatic amines is 1. The molecule has 5 rings (SSSR count). The Morgan fingerprint density at radius 2 is 1.61 bits per heavy atom. The molecule has 0 atom stereocenters. The topological polar surface area (TPSA) is 95.3 Å². The number of nitrogens with zero attached hydrogens (tertiary/aromatic N) is 3. The van der Waals surface area contributed by atoms with Gasteiger partial charge in [-0.15, -0.1) is 24.8 Å². The standard InChI is InChI=1S/C27H25N5O2.2ClH/c28-26(33)23-8-4-5-9-24(23)27(34)32-13-12-31(17-22-15-29-18-30-22)25-11-10-20(14-21(25)16-32)19-6-2-1-3-7-19;;/h1-11,14-15,18H,12-13,16-17H2,(H2,28,33)(H,29,30);2*1H. The molecule has 3 aromatic carbocycles. The summed E-state index contributed by atoms with van der Waals surface area (Å²) < 4.78 is 0. The van der Waals surface area contributed by atoms with Gasteiger partial charge >= 0.3 is 0 Å². The second-order valence-electron chi connectivity index (χ2n) is 8.34. The number of aromatic nitrogens is 2. The van der Waals surface area contributed by atoms with E-state index in [4.69, 9.17) is 5.73 Å². The summed E-state index contributed by atoms with van der Waals surface area (Å²) in [7, 11) is 0. The molecule has 1 aromatic heterocycles. The second-order valence-corrected chi connectivity index (χ2v) is 8.34. The van der Waals surface area contributed by atoms with E-state index in [2.05, 4.69) is 45.2 Å². The van der Waals surface area contributed by atoms with Gasteiger partial charge in [-0.05, 0) is 41.0 Å². The molecule has 2 amide bonds. The molecule has 186 valence electrons. The van der Waals surface area contributed by atoms with Crippen molar-refractivity contribution in [1.29, 1.82) is 0 Å². The molecule has 3 N–H and O–H groups in total. The average molecular weight is 524 g/mol. The van der Waals surface area contributed by atoms with Crippen LogP contribution in [0.4, 0.5) is 5.69 Å². The second kappa shape index (κ2) is 11.7. The van der Waals surface area contributed by atoms with Gasteiger partial charge in [0.1, 0.15) is 0 Å². The highest BCUT2D eigenvalue weighted by atomic mass is 35.5. The van der Waals surface area contributed by atoms with E-state index in [0.29, 0.717) is 31.7 Å². The molecule has 1 aliphatic rings. The first-order valence-electron chi connectivity index (χ1n) is 11.2. The number of hydrogen-bond donors (Lipinski definition) is 2. The number of carbonyl (C=O) groups excluding carboxylic acids is 2. The SMILES string of the molecule is Cl.Cl.NC(=O)c1ccccc1C(=O)N1CCN(Cc2cnc[nH]2)c2ccc(-c3ccccc3)cc2C1. The number of anilines is 1. The van der Waals surface area contributed by atoms with Gasteiger partial charge in [0.25, 0.3) is 5.91 Å². The van der Waals surface area contributed by atoms with Gasteiger partial charge in [-0.1, -0.05) is 48.5 Å². The van der Waals surface area contributed by atoms with E-state index in [9.17, 15) is 9.59 Å². The largest absolute Gasteiger partial charge is 0.366 e. The lowest BCUT2D eigenvalue weighted by Crippen LogP contribution is -2.36. The summed E-state index contributed by atoms with van der Waals surface area (Å²) in [5, 5.41) is 0. The highest BCUT2D eigenvalue weighted by molar-refractivity contribution is 6.06. The Bertz CT molecular complexity index is 1330. The number of halogens is 2. The maximum atomic E-state index is 13.5. The molecule has 0 aliphatic carbocycles. The number of benzene rings is 3. The maximum absolute atomic E-state index is 13.5. The molecule has 0 bridgehead atoms. The van der Waals surface area contributed by atoms with Gasteiger partial charge in [0.15, 0.2) is 0 Å². The number of rotatable bonds is 5. The Morgan fingerprint density at radius 1 is 0.889 bits per heavy atom. The van der Waals surface area contributed by atoms with Gasteiger partial charge in [0.2, 0.25) is 5.91 Å². The van der Waals surface area contributed by atoms with E-state index in [1.54, 1.807) is 35.5 Å². The first kappa shape index (κ1) is 26.8. The van der Waals surface area contributed by atoms with Gasteiger partial charge < -0.3 is 20.5 Å². The van der Waals surface area contributed by atoms with Crippen molar-refractivity contribution in [1.82, 2.24) is 14.9 Å². The number of amides is 2. The summed E-state index contributed by atoms with van der Waals surface area (Å²) in [5.74, 6) is -0.805. The first-order valence-corrected chi connectivity index (χ1v) is 11.2. The average Bonchev–Trinajstić information content (AvgIpc) is 3.32. The maximum Gasteiger partial charge on any atom is 0.255 e. The highest BCUT2D eigenvalue weighted by Gasteiger charge is 2.26. The predicted molar refractivity (Wildman–Crippen MR) is 146 cm³/mol. The van der Waals surface area contributed by atoms with E-state index in [1.807, 2.05) is 24.4 Å². The molecule has 1 aliphatic heterocycles.